The summed E-state index contributed by atoms with van der Waals surface area (Å²) in [6.45, 7) is 5.71. The molecule has 0 radical (unpaired) electrons. The van der Waals surface area contributed by atoms with Crippen molar-refractivity contribution in [2.45, 2.75) is 32.9 Å². The fourth-order valence-electron chi connectivity index (χ4n) is 4.00. The molecule has 3 aromatic rings. The highest BCUT2D eigenvalue weighted by molar-refractivity contribution is 6.51. The van der Waals surface area contributed by atoms with Crippen LogP contribution in [0.15, 0.2) is 78.4 Å². The summed E-state index contributed by atoms with van der Waals surface area (Å²) in [5.41, 5.74) is 2.13. The topological polar surface area (TPSA) is 66.8 Å². The van der Waals surface area contributed by atoms with Crippen LogP contribution in [0.25, 0.3) is 5.76 Å². The third kappa shape index (κ3) is 4.37. The van der Waals surface area contributed by atoms with E-state index in [2.05, 4.69) is 0 Å². The Balaban J connectivity index is 1.88. The Kier molecular flexibility index (Phi) is 6.01. The number of carbonyl (C=O) groups is 2. The summed E-state index contributed by atoms with van der Waals surface area (Å²) in [5, 5.41) is 11.2. The number of ketones is 1. The molecule has 1 unspecified atom stereocenters. The van der Waals surface area contributed by atoms with E-state index in [0.717, 1.165) is 5.56 Å². The van der Waals surface area contributed by atoms with Crippen LogP contribution in [0.2, 0.25) is 0 Å². The maximum Gasteiger partial charge on any atom is 0.300 e. The van der Waals surface area contributed by atoms with Crippen LogP contribution in [0.3, 0.4) is 0 Å². The smallest absolute Gasteiger partial charge is 0.300 e. The van der Waals surface area contributed by atoms with Crippen LogP contribution >= 0.6 is 0 Å². The predicted molar refractivity (Wildman–Crippen MR) is 125 cm³/mol. The molecule has 1 atom stereocenters. The zero-order valence-electron chi connectivity index (χ0n) is 18.6. The van der Waals surface area contributed by atoms with Gasteiger partial charge in [0.1, 0.15) is 17.3 Å². The predicted octanol–water partition coefficient (Wildman–Crippen LogP) is 5.55. The molecule has 33 heavy (non-hydrogen) atoms. The van der Waals surface area contributed by atoms with Crippen LogP contribution in [0.4, 0.5) is 10.1 Å². The van der Waals surface area contributed by atoms with Crippen molar-refractivity contribution in [3.63, 3.8) is 0 Å². The van der Waals surface area contributed by atoms with Gasteiger partial charge in [-0.05, 0) is 68.8 Å². The highest BCUT2D eigenvalue weighted by atomic mass is 19.1. The lowest BCUT2D eigenvalue weighted by molar-refractivity contribution is -0.132. The van der Waals surface area contributed by atoms with E-state index in [-0.39, 0.29) is 23.1 Å². The molecule has 1 saturated heterocycles. The van der Waals surface area contributed by atoms with Gasteiger partial charge in [0.2, 0.25) is 0 Å². The summed E-state index contributed by atoms with van der Waals surface area (Å²) in [4.78, 5) is 27.5. The number of benzene rings is 3. The second-order valence-electron chi connectivity index (χ2n) is 8.25. The number of carbonyl (C=O) groups excluding carboxylic acids is 2. The van der Waals surface area contributed by atoms with Crippen LogP contribution < -0.4 is 9.64 Å². The Labute approximate surface area is 191 Å². The molecule has 0 spiro atoms. The second kappa shape index (κ2) is 8.90. The number of nitrogens with zero attached hydrogens (tertiary/aromatic N) is 1. The number of aryl methyl sites for hydroxylation is 1. The first-order chi connectivity index (χ1) is 15.8. The molecule has 1 amide bonds. The molecule has 0 bridgehead atoms. The van der Waals surface area contributed by atoms with Gasteiger partial charge >= 0.3 is 0 Å². The van der Waals surface area contributed by atoms with E-state index in [1.54, 1.807) is 36.4 Å². The normalized spacial score (nSPS) is 17.6. The lowest BCUT2D eigenvalue weighted by Crippen LogP contribution is -2.29. The number of hydrogen-bond donors (Lipinski definition) is 1. The minimum Gasteiger partial charge on any atom is -0.507 e. The van der Waals surface area contributed by atoms with Crippen molar-refractivity contribution in [2.75, 3.05) is 4.90 Å². The Hall–Kier alpha value is -3.93. The van der Waals surface area contributed by atoms with Crippen LogP contribution in [0, 0.1) is 12.7 Å². The number of ether oxygens (including phenoxy) is 1. The maximum atomic E-state index is 14.0. The molecule has 0 saturated carbocycles. The summed E-state index contributed by atoms with van der Waals surface area (Å²) in [5.74, 6) is -1.86. The van der Waals surface area contributed by atoms with E-state index in [1.807, 2.05) is 39.0 Å². The average Bonchev–Trinajstić information content (AvgIpc) is 3.04. The van der Waals surface area contributed by atoms with Gasteiger partial charge in [-0.1, -0.05) is 35.9 Å². The van der Waals surface area contributed by atoms with Crippen molar-refractivity contribution in [1.29, 1.82) is 0 Å². The number of aliphatic hydroxyl groups is 1. The number of rotatable bonds is 5. The van der Waals surface area contributed by atoms with E-state index in [1.165, 1.54) is 23.1 Å². The average molecular weight is 445 g/mol. The zero-order chi connectivity index (χ0) is 23.7. The van der Waals surface area contributed by atoms with Crippen molar-refractivity contribution in [3.8, 4) is 5.75 Å². The number of hydrogen-bond acceptors (Lipinski definition) is 4. The third-order valence-electron chi connectivity index (χ3n) is 5.39. The van der Waals surface area contributed by atoms with Gasteiger partial charge in [-0.3, -0.25) is 14.5 Å². The first-order valence-electron chi connectivity index (χ1n) is 10.7. The first-order valence-corrected chi connectivity index (χ1v) is 10.7. The molecule has 1 heterocycles. The van der Waals surface area contributed by atoms with Gasteiger partial charge in [0.15, 0.2) is 0 Å². The van der Waals surface area contributed by atoms with E-state index in [4.69, 9.17) is 4.74 Å². The molecule has 1 aliphatic rings. The molecule has 3 aromatic carbocycles. The third-order valence-corrected chi connectivity index (χ3v) is 5.39. The highest BCUT2D eigenvalue weighted by Crippen LogP contribution is 2.42. The van der Waals surface area contributed by atoms with Gasteiger partial charge in [0, 0.05) is 11.3 Å². The van der Waals surface area contributed by atoms with E-state index < -0.39 is 23.5 Å². The molecular weight excluding hydrogens is 421 g/mol. The van der Waals surface area contributed by atoms with Crippen molar-refractivity contribution < 1.29 is 23.8 Å². The molecule has 0 aliphatic carbocycles. The number of aliphatic hydroxyl groups excluding tert-OH is 1. The fourth-order valence-corrected chi connectivity index (χ4v) is 4.00. The van der Waals surface area contributed by atoms with E-state index >= 15 is 0 Å². The molecule has 4 rings (SSSR count). The Morgan fingerprint density at radius 1 is 1.00 bits per heavy atom. The Bertz CT molecular complexity index is 1250. The number of anilines is 1. The minimum absolute atomic E-state index is 0.0117. The fraction of sp³-hybridized carbons (Fsp3) is 0.185. The Morgan fingerprint density at radius 3 is 2.33 bits per heavy atom. The number of halogens is 1. The van der Waals surface area contributed by atoms with Crippen LogP contribution in [-0.2, 0) is 9.59 Å². The van der Waals surface area contributed by atoms with Crippen LogP contribution in [-0.4, -0.2) is 22.9 Å². The SMILES string of the molecule is Cc1cccc(C2/C(=C(\O)c3ccc(OC(C)C)cc3)C(=O)C(=O)N2c2cccc(F)c2)c1. The number of amides is 1. The molecule has 168 valence electrons. The standard InChI is InChI=1S/C27H24FNO4/c1-16(2)33-22-12-10-18(11-13-22)25(30)23-24(19-7-4-6-17(3)14-19)29(27(32)26(23)31)21-9-5-8-20(28)15-21/h4-16,24,30H,1-3H3/b25-23+. The van der Waals surface area contributed by atoms with Crippen LogP contribution in [0.5, 0.6) is 5.75 Å². The lowest BCUT2D eigenvalue weighted by Gasteiger charge is -2.25. The number of Topliss-reactive ketones (excluding diaryl/α,β-unsaturated/α-hetero) is 1. The van der Waals surface area contributed by atoms with Crippen LogP contribution in [0.1, 0.15) is 36.6 Å². The monoisotopic (exact) mass is 445 g/mol. The molecule has 0 aromatic heterocycles. The molecular formula is C27H24FNO4. The quantitative estimate of drug-likeness (QED) is 0.318. The molecule has 1 N–H and O–H groups in total. The largest absolute Gasteiger partial charge is 0.507 e. The van der Waals surface area contributed by atoms with E-state index in [9.17, 15) is 19.1 Å². The summed E-state index contributed by atoms with van der Waals surface area (Å²) in [6.07, 6.45) is -0.0117. The Morgan fingerprint density at radius 2 is 1.70 bits per heavy atom. The molecule has 1 fully saturated rings. The van der Waals surface area contributed by atoms with Crippen molar-refractivity contribution in [2.24, 2.45) is 0 Å². The minimum atomic E-state index is -0.904. The van der Waals surface area contributed by atoms with E-state index in [0.29, 0.717) is 16.9 Å². The molecule has 5 nitrogen and oxygen atoms in total. The van der Waals surface area contributed by atoms with Gasteiger partial charge in [0.25, 0.3) is 11.7 Å². The highest BCUT2D eigenvalue weighted by Gasteiger charge is 2.47. The molecule has 1 aliphatic heterocycles. The van der Waals surface area contributed by atoms with Gasteiger partial charge in [0.05, 0.1) is 17.7 Å². The lowest BCUT2D eigenvalue weighted by atomic mass is 9.94. The zero-order valence-corrected chi connectivity index (χ0v) is 18.6. The van der Waals surface area contributed by atoms with Gasteiger partial charge in [-0.15, -0.1) is 0 Å². The van der Waals surface area contributed by atoms with Crippen molar-refractivity contribution in [3.05, 3.63) is 101 Å². The summed E-state index contributed by atoms with van der Waals surface area (Å²) < 4.78 is 19.6. The first kappa shape index (κ1) is 22.3. The summed E-state index contributed by atoms with van der Waals surface area (Å²) in [7, 11) is 0. The summed E-state index contributed by atoms with van der Waals surface area (Å²) >= 11 is 0. The molecule has 6 heteroatoms. The van der Waals surface area contributed by atoms with Gasteiger partial charge in [-0.2, -0.15) is 0 Å². The van der Waals surface area contributed by atoms with Crippen molar-refractivity contribution >= 4 is 23.1 Å². The second-order valence-corrected chi connectivity index (χ2v) is 8.25. The maximum absolute atomic E-state index is 14.0. The van der Waals surface area contributed by atoms with Crippen molar-refractivity contribution in [1.82, 2.24) is 0 Å². The summed E-state index contributed by atoms with van der Waals surface area (Å²) in [6, 6.07) is 18.6. The van der Waals surface area contributed by atoms with Gasteiger partial charge < -0.3 is 9.84 Å². The van der Waals surface area contributed by atoms with Gasteiger partial charge in [-0.25, -0.2) is 4.39 Å².